The van der Waals surface area contributed by atoms with E-state index < -0.39 is 0 Å². The highest BCUT2D eigenvalue weighted by molar-refractivity contribution is 5.85. The Hall–Kier alpha value is -0.740. The summed E-state index contributed by atoms with van der Waals surface area (Å²) in [7, 11) is 0. The Bertz CT molecular complexity index is 154. The van der Waals surface area contributed by atoms with Crippen LogP contribution in [0.15, 0.2) is 12.4 Å². The van der Waals surface area contributed by atoms with Crippen molar-refractivity contribution in [3.8, 4) is 0 Å². The number of aromatic nitrogens is 2. The lowest BCUT2D eigenvalue weighted by atomic mass is 10.6. The van der Waals surface area contributed by atoms with Gasteiger partial charge >= 0.3 is 0 Å². The predicted molar refractivity (Wildman–Crippen MR) is 45.4 cm³/mol. The van der Waals surface area contributed by atoms with Crippen LogP contribution in [-0.2, 0) is 0 Å². The molecule has 0 aliphatic rings. The standard InChI is InChI=1S/C4H6N4.2ClH/c5-3-1-7-4(6)2-8-3;;/h1-2H,(H2,6,7)(H2,5,8);2*1H. The van der Waals surface area contributed by atoms with Crippen molar-refractivity contribution < 1.29 is 0 Å². The van der Waals surface area contributed by atoms with Gasteiger partial charge in [-0.1, -0.05) is 0 Å². The van der Waals surface area contributed by atoms with E-state index in [2.05, 4.69) is 9.97 Å². The van der Waals surface area contributed by atoms with E-state index in [0.717, 1.165) is 0 Å². The fourth-order valence-corrected chi connectivity index (χ4v) is 0.348. The van der Waals surface area contributed by atoms with E-state index in [1.165, 1.54) is 12.4 Å². The lowest BCUT2D eigenvalue weighted by molar-refractivity contribution is 1.22. The van der Waals surface area contributed by atoms with Gasteiger partial charge in [0, 0.05) is 0 Å². The Kier molecular flexibility index (Phi) is 6.09. The van der Waals surface area contributed by atoms with Gasteiger partial charge in [0.1, 0.15) is 11.6 Å². The van der Waals surface area contributed by atoms with E-state index in [-0.39, 0.29) is 24.8 Å². The minimum atomic E-state index is 0. The van der Waals surface area contributed by atoms with Crippen LogP contribution in [0.25, 0.3) is 0 Å². The molecule has 0 aromatic carbocycles. The third-order valence-corrected chi connectivity index (χ3v) is 0.692. The van der Waals surface area contributed by atoms with E-state index in [1.807, 2.05) is 0 Å². The first kappa shape index (κ1) is 12.0. The smallest absolute Gasteiger partial charge is 0.142 e. The Morgan fingerprint density at radius 3 is 1.40 bits per heavy atom. The summed E-state index contributed by atoms with van der Waals surface area (Å²) in [4.78, 5) is 7.34. The summed E-state index contributed by atoms with van der Waals surface area (Å²) in [5, 5.41) is 0. The molecule has 4 nitrogen and oxygen atoms in total. The summed E-state index contributed by atoms with van der Waals surface area (Å²) in [5.41, 5.74) is 10.4. The number of anilines is 2. The Balaban J connectivity index is 0. The highest BCUT2D eigenvalue weighted by Gasteiger charge is 1.83. The van der Waals surface area contributed by atoms with Crippen molar-refractivity contribution >= 4 is 36.4 Å². The van der Waals surface area contributed by atoms with Crippen molar-refractivity contribution in [3.63, 3.8) is 0 Å². The van der Waals surface area contributed by atoms with Crippen LogP contribution in [0.2, 0.25) is 0 Å². The maximum Gasteiger partial charge on any atom is 0.142 e. The van der Waals surface area contributed by atoms with Crippen LogP contribution in [0.5, 0.6) is 0 Å². The minimum Gasteiger partial charge on any atom is -0.382 e. The zero-order valence-corrected chi connectivity index (χ0v) is 6.65. The van der Waals surface area contributed by atoms with Crippen molar-refractivity contribution in [3.05, 3.63) is 12.4 Å². The second-order valence-electron chi connectivity index (χ2n) is 1.37. The topological polar surface area (TPSA) is 77.8 Å². The summed E-state index contributed by atoms with van der Waals surface area (Å²) < 4.78 is 0. The fourth-order valence-electron chi connectivity index (χ4n) is 0.348. The van der Waals surface area contributed by atoms with Gasteiger partial charge in [-0.25, -0.2) is 9.97 Å². The van der Waals surface area contributed by atoms with Crippen LogP contribution in [0.3, 0.4) is 0 Å². The number of hydrogen-bond acceptors (Lipinski definition) is 4. The molecule has 4 N–H and O–H groups in total. The van der Waals surface area contributed by atoms with Gasteiger partial charge in [-0.05, 0) is 0 Å². The van der Waals surface area contributed by atoms with Crippen molar-refractivity contribution in [2.45, 2.75) is 0 Å². The molecule has 58 valence electrons. The molecule has 1 aromatic rings. The highest BCUT2D eigenvalue weighted by atomic mass is 35.5. The molecule has 0 bridgehead atoms. The second kappa shape index (κ2) is 5.08. The summed E-state index contributed by atoms with van der Waals surface area (Å²) in [6.07, 6.45) is 2.82. The molecule has 0 saturated carbocycles. The molecule has 0 aliphatic heterocycles. The average Bonchev–Trinajstić information content (AvgIpc) is 1.77. The average molecular weight is 183 g/mol. The molecular weight excluding hydrogens is 175 g/mol. The van der Waals surface area contributed by atoms with E-state index >= 15 is 0 Å². The predicted octanol–water partition coefficient (Wildman–Crippen LogP) is 0.485. The zero-order valence-electron chi connectivity index (χ0n) is 5.02. The third-order valence-electron chi connectivity index (χ3n) is 0.692. The third kappa shape index (κ3) is 3.32. The maximum absolute atomic E-state index is 5.20. The molecule has 1 rings (SSSR count). The maximum atomic E-state index is 5.20. The largest absolute Gasteiger partial charge is 0.382 e. The van der Waals surface area contributed by atoms with Gasteiger partial charge in [-0.2, -0.15) is 0 Å². The number of halogens is 2. The lowest BCUT2D eigenvalue weighted by Gasteiger charge is -1.88. The molecular formula is C4H8Cl2N4. The first-order valence-electron chi connectivity index (χ1n) is 2.12. The molecule has 0 unspecified atom stereocenters. The molecule has 0 spiro atoms. The van der Waals surface area contributed by atoms with Crippen molar-refractivity contribution in [1.29, 1.82) is 0 Å². The number of hydrogen-bond donors (Lipinski definition) is 2. The van der Waals surface area contributed by atoms with Crippen molar-refractivity contribution in [2.24, 2.45) is 0 Å². The number of rotatable bonds is 0. The van der Waals surface area contributed by atoms with Crippen LogP contribution in [0.4, 0.5) is 11.6 Å². The minimum absolute atomic E-state index is 0. The van der Waals surface area contributed by atoms with Gasteiger partial charge in [-0.3, -0.25) is 0 Å². The van der Waals surface area contributed by atoms with E-state index in [0.29, 0.717) is 11.6 Å². The Labute approximate surface area is 70.9 Å². The monoisotopic (exact) mass is 182 g/mol. The molecule has 1 aromatic heterocycles. The van der Waals surface area contributed by atoms with Gasteiger partial charge in [-0.15, -0.1) is 24.8 Å². The first-order valence-corrected chi connectivity index (χ1v) is 2.12. The number of nitrogens with two attached hydrogens (primary N) is 2. The SMILES string of the molecule is Cl.Cl.Nc1cnc(N)cn1. The second-order valence-corrected chi connectivity index (χ2v) is 1.37. The molecule has 1 heterocycles. The van der Waals surface area contributed by atoms with Crippen LogP contribution in [-0.4, -0.2) is 9.97 Å². The van der Waals surface area contributed by atoms with Crippen LogP contribution in [0.1, 0.15) is 0 Å². The lowest BCUT2D eigenvalue weighted by Crippen LogP contribution is -1.94. The fraction of sp³-hybridized carbons (Fsp3) is 0. The van der Waals surface area contributed by atoms with Crippen molar-refractivity contribution in [2.75, 3.05) is 11.5 Å². The van der Waals surface area contributed by atoms with Crippen LogP contribution >= 0.6 is 24.8 Å². The van der Waals surface area contributed by atoms with Gasteiger partial charge < -0.3 is 11.5 Å². The normalized spacial score (nSPS) is 7.20. The number of nitrogens with zero attached hydrogens (tertiary/aromatic N) is 2. The quantitative estimate of drug-likeness (QED) is 0.613. The molecule has 0 fully saturated rings. The van der Waals surface area contributed by atoms with Crippen LogP contribution < -0.4 is 11.5 Å². The summed E-state index contributed by atoms with van der Waals surface area (Å²) in [6.45, 7) is 0. The molecule has 0 aliphatic carbocycles. The van der Waals surface area contributed by atoms with Crippen LogP contribution in [0, 0.1) is 0 Å². The molecule has 0 atom stereocenters. The zero-order chi connectivity index (χ0) is 5.98. The molecule has 0 amide bonds. The van der Waals surface area contributed by atoms with Gasteiger partial charge in [0.15, 0.2) is 0 Å². The molecule has 0 saturated heterocycles. The summed E-state index contributed by atoms with van der Waals surface area (Å²) >= 11 is 0. The first-order chi connectivity index (χ1) is 3.79. The molecule has 10 heavy (non-hydrogen) atoms. The summed E-state index contributed by atoms with van der Waals surface area (Å²) in [5.74, 6) is 0.776. The van der Waals surface area contributed by atoms with E-state index in [4.69, 9.17) is 11.5 Å². The highest BCUT2D eigenvalue weighted by Crippen LogP contribution is 1.94. The molecule has 0 radical (unpaired) electrons. The van der Waals surface area contributed by atoms with Crippen molar-refractivity contribution in [1.82, 2.24) is 9.97 Å². The number of nitrogen functional groups attached to an aromatic ring is 2. The molecule has 6 heteroatoms. The van der Waals surface area contributed by atoms with E-state index in [9.17, 15) is 0 Å². The van der Waals surface area contributed by atoms with Gasteiger partial charge in [0.05, 0.1) is 12.4 Å². The summed E-state index contributed by atoms with van der Waals surface area (Å²) in [6, 6.07) is 0. The Morgan fingerprint density at radius 1 is 0.900 bits per heavy atom. The van der Waals surface area contributed by atoms with Gasteiger partial charge in [0.25, 0.3) is 0 Å². The van der Waals surface area contributed by atoms with Gasteiger partial charge in [0.2, 0.25) is 0 Å². The van der Waals surface area contributed by atoms with E-state index in [1.54, 1.807) is 0 Å². The Morgan fingerprint density at radius 2 is 1.20 bits per heavy atom.